The fraction of sp³-hybridized carbons (Fsp3) is 0.444. The number of hydrogen-bond acceptors (Lipinski definition) is 4. The Morgan fingerprint density at radius 1 is 1.43 bits per heavy atom. The molecule has 1 N–H and O–H groups in total. The molecular weight excluding hydrogens is 290 g/mol. The normalized spacial score (nSPS) is 18.0. The number of amides is 1. The van der Waals surface area contributed by atoms with Gasteiger partial charge in [0.25, 0.3) is 5.91 Å². The van der Waals surface area contributed by atoms with Gasteiger partial charge in [0.2, 0.25) is 0 Å². The highest BCUT2D eigenvalue weighted by atomic mass is 16.3. The highest BCUT2D eigenvalue weighted by Gasteiger charge is 2.22. The quantitative estimate of drug-likeness (QED) is 0.939. The van der Waals surface area contributed by atoms with Crippen molar-refractivity contribution in [3.8, 4) is 0 Å². The Labute approximate surface area is 136 Å². The molecule has 122 valence electrons. The van der Waals surface area contributed by atoms with Gasteiger partial charge in [-0.3, -0.25) is 4.79 Å². The highest BCUT2D eigenvalue weighted by Crippen LogP contribution is 2.18. The average molecular weight is 313 g/mol. The van der Waals surface area contributed by atoms with E-state index in [-0.39, 0.29) is 5.91 Å². The number of aryl methyl sites for hydroxylation is 1. The van der Waals surface area contributed by atoms with E-state index in [0.717, 1.165) is 36.7 Å². The molecule has 1 saturated heterocycles. The number of anilines is 1. The maximum Gasteiger partial charge on any atom is 0.255 e. The standard InChI is InChI=1S/C18H23N3O2/c1-13-4-3-8-21(12-13)18(22)16-5-6-17(20-11-16)19-10-15-7-9-23-14(15)2/h5-7,9,11,13H,3-4,8,10,12H2,1-2H3,(H,19,20)/t13-/m1/s1. The summed E-state index contributed by atoms with van der Waals surface area (Å²) in [6.07, 6.45) is 5.63. The van der Waals surface area contributed by atoms with E-state index in [4.69, 9.17) is 4.42 Å². The first-order valence-electron chi connectivity index (χ1n) is 8.15. The Bertz CT molecular complexity index is 663. The van der Waals surface area contributed by atoms with Crippen LogP contribution in [0.15, 0.2) is 35.1 Å². The van der Waals surface area contributed by atoms with Crippen LogP contribution in [0.25, 0.3) is 0 Å². The number of nitrogens with zero attached hydrogens (tertiary/aromatic N) is 2. The second kappa shape index (κ2) is 6.86. The van der Waals surface area contributed by atoms with Crippen molar-refractivity contribution in [1.29, 1.82) is 0 Å². The molecule has 1 aliphatic rings. The van der Waals surface area contributed by atoms with Gasteiger partial charge in [-0.1, -0.05) is 6.92 Å². The van der Waals surface area contributed by atoms with Crippen LogP contribution in [0, 0.1) is 12.8 Å². The maximum absolute atomic E-state index is 12.5. The van der Waals surface area contributed by atoms with Gasteiger partial charge in [0.05, 0.1) is 11.8 Å². The van der Waals surface area contributed by atoms with Crippen LogP contribution in [-0.2, 0) is 6.54 Å². The predicted octanol–water partition coefficient (Wildman–Crippen LogP) is 3.47. The summed E-state index contributed by atoms with van der Waals surface area (Å²) in [5.74, 6) is 2.33. The molecule has 1 amide bonds. The van der Waals surface area contributed by atoms with Crippen LogP contribution in [0.1, 0.15) is 41.4 Å². The molecule has 1 aliphatic heterocycles. The van der Waals surface area contributed by atoms with Gasteiger partial charge in [-0.2, -0.15) is 0 Å². The molecule has 0 aromatic carbocycles. The zero-order valence-electron chi connectivity index (χ0n) is 13.7. The van der Waals surface area contributed by atoms with Crippen LogP contribution in [-0.4, -0.2) is 28.9 Å². The molecule has 0 bridgehead atoms. The van der Waals surface area contributed by atoms with Crippen LogP contribution in [0.2, 0.25) is 0 Å². The van der Waals surface area contributed by atoms with Gasteiger partial charge >= 0.3 is 0 Å². The van der Waals surface area contributed by atoms with Gasteiger partial charge in [0.1, 0.15) is 11.6 Å². The molecule has 0 saturated carbocycles. The van der Waals surface area contributed by atoms with E-state index in [2.05, 4.69) is 17.2 Å². The minimum atomic E-state index is 0.0845. The van der Waals surface area contributed by atoms with Crippen molar-refractivity contribution in [2.24, 2.45) is 5.92 Å². The second-order valence-electron chi connectivity index (χ2n) is 6.29. The molecular formula is C18H23N3O2. The molecule has 0 unspecified atom stereocenters. The molecule has 0 radical (unpaired) electrons. The Morgan fingerprint density at radius 3 is 2.96 bits per heavy atom. The number of carbonyl (C=O) groups excluding carboxylic acids is 1. The molecule has 0 aliphatic carbocycles. The lowest BCUT2D eigenvalue weighted by atomic mass is 10.00. The molecule has 2 aromatic heterocycles. The molecule has 2 aromatic rings. The first-order chi connectivity index (χ1) is 11.1. The van der Waals surface area contributed by atoms with E-state index in [1.807, 2.05) is 30.0 Å². The number of carbonyl (C=O) groups is 1. The van der Waals surface area contributed by atoms with Crippen molar-refractivity contribution < 1.29 is 9.21 Å². The summed E-state index contributed by atoms with van der Waals surface area (Å²) in [7, 11) is 0. The van der Waals surface area contributed by atoms with Gasteiger partial charge < -0.3 is 14.6 Å². The van der Waals surface area contributed by atoms with Crippen molar-refractivity contribution >= 4 is 11.7 Å². The summed E-state index contributed by atoms with van der Waals surface area (Å²) < 4.78 is 5.27. The van der Waals surface area contributed by atoms with E-state index < -0.39 is 0 Å². The summed E-state index contributed by atoms with van der Waals surface area (Å²) in [5.41, 5.74) is 1.76. The van der Waals surface area contributed by atoms with Gasteiger partial charge in [-0.05, 0) is 43.9 Å². The largest absolute Gasteiger partial charge is 0.469 e. The smallest absolute Gasteiger partial charge is 0.255 e. The van der Waals surface area contributed by atoms with E-state index >= 15 is 0 Å². The van der Waals surface area contributed by atoms with Crippen molar-refractivity contribution in [2.75, 3.05) is 18.4 Å². The zero-order valence-corrected chi connectivity index (χ0v) is 13.7. The summed E-state index contributed by atoms with van der Waals surface area (Å²) >= 11 is 0. The van der Waals surface area contributed by atoms with Crippen molar-refractivity contribution in [2.45, 2.75) is 33.2 Å². The van der Waals surface area contributed by atoms with Crippen LogP contribution in [0.4, 0.5) is 5.82 Å². The number of piperidine rings is 1. The van der Waals surface area contributed by atoms with Gasteiger partial charge in [-0.15, -0.1) is 0 Å². The number of aromatic nitrogens is 1. The molecule has 3 rings (SSSR count). The molecule has 1 fully saturated rings. The van der Waals surface area contributed by atoms with Crippen LogP contribution in [0.5, 0.6) is 0 Å². The van der Waals surface area contributed by atoms with Gasteiger partial charge in [0.15, 0.2) is 0 Å². The van der Waals surface area contributed by atoms with Gasteiger partial charge in [0, 0.05) is 31.4 Å². The fourth-order valence-electron chi connectivity index (χ4n) is 2.96. The lowest BCUT2D eigenvalue weighted by Gasteiger charge is -2.30. The van der Waals surface area contributed by atoms with Crippen LogP contribution in [0.3, 0.4) is 0 Å². The molecule has 5 nitrogen and oxygen atoms in total. The van der Waals surface area contributed by atoms with Crippen molar-refractivity contribution in [3.05, 3.63) is 47.5 Å². The lowest BCUT2D eigenvalue weighted by molar-refractivity contribution is 0.0682. The van der Waals surface area contributed by atoms with Crippen LogP contribution < -0.4 is 5.32 Å². The number of hydrogen-bond donors (Lipinski definition) is 1. The molecule has 0 spiro atoms. The van der Waals surface area contributed by atoms with Crippen molar-refractivity contribution in [3.63, 3.8) is 0 Å². The minimum Gasteiger partial charge on any atom is -0.469 e. The number of rotatable bonds is 4. The second-order valence-corrected chi connectivity index (χ2v) is 6.29. The molecule has 3 heterocycles. The monoisotopic (exact) mass is 313 g/mol. The first kappa shape index (κ1) is 15.6. The lowest BCUT2D eigenvalue weighted by Crippen LogP contribution is -2.39. The minimum absolute atomic E-state index is 0.0845. The Balaban J connectivity index is 1.60. The van der Waals surface area contributed by atoms with Crippen molar-refractivity contribution in [1.82, 2.24) is 9.88 Å². The average Bonchev–Trinajstić information content (AvgIpc) is 2.98. The zero-order chi connectivity index (χ0) is 16.2. The molecule has 23 heavy (non-hydrogen) atoms. The SMILES string of the molecule is Cc1occc1CNc1ccc(C(=O)N2CCC[C@@H](C)C2)cn1. The van der Waals surface area contributed by atoms with Crippen LogP contribution >= 0.6 is 0 Å². The fourth-order valence-corrected chi connectivity index (χ4v) is 2.96. The summed E-state index contributed by atoms with van der Waals surface area (Å²) in [4.78, 5) is 18.8. The summed E-state index contributed by atoms with van der Waals surface area (Å²) in [6.45, 7) is 6.49. The number of nitrogens with one attached hydrogen (secondary N) is 1. The van der Waals surface area contributed by atoms with E-state index in [9.17, 15) is 4.79 Å². The van der Waals surface area contributed by atoms with E-state index in [1.54, 1.807) is 12.5 Å². The maximum atomic E-state index is 12.5. The number of furan rings is 1. The topological polar surface area (TPSA) is 58.4 Å². The Morgan fingerprint density at radius 2 is 2.30 bits per heavy atom. The number of pyridine rings is 1. The Kier molecular flexibility index (Phi) is 4.65. The first-order valence-corrected chi connectivity index (χ1v) is 8.15. The molecule has 1 atom stereocenters. The highest BCUT2D eigenvalue weighted by molar-refractivity contribution is 5.94. The Hall–Kier alpha value is -2.30. The van der Waals surface area contributed by atoms with E-state index in [1.165, 1.54) is 6.42 Å². The van der Waals surface area contributed by atoms with Gasteiger partial charge in [-0.25, -0.2) is 4.98 Å². The summed E-state index contributed by atoms with van der Waals surface area (Å²) in [5, 5.41) is 3.24. The third kappa shape index (κ3) is 3.73. The van der Waals surface area contributed by atoms with E-state index in [0.29, 0.717) is 18.0 Å². The third-order valence-electron chi connectivity index (χ3n) is 4.38. The summed E-state index contributed by atoms with van der Waals surface area (Å²) in [6, 6.07) is 5.65. The molecule has 5 heteroatoms. The number of likely N-dealkylation sites (tertiary alicyclic amines) is 1. The third-order valence-corrected chi connectivity index (χ3v) is 4.38. The predicted molar refractivity (Wildman–Crippen MR) is 89.3 cm³/mol.